The molecule has 0 saturated heterocycles. The lowest BCUT2D eigenvalue weighted by atomic mass is 10.2. The number of amides is 2. The Hall–Kier alpha value is -4.07. The number of aryl methyl sites for hydroxylation is 1. The van der Waals surface area contributed by atoms with E-state index >= 15 is 0 Å². The molecule has 14 heteroatoms. The summed E-state index contributed by atoms with van der Waals surface area (Å²) in [5, 5.41) is 7.02. The standard InChI is InChI=1S/C22H24F3N9O2/c1-12-18-19(32(3)13(2)20(36)30-18)31-21(29-12)34(17(35)6-26)11-15-8-28-33(10-15)9-14-4-5-16(27-7-14)22(23,24)25/h4-5,7-8,10,13H,6,9,11,26H2,1-3H3,(H,30,36)/t13-/m0/s1. The van der Waals surface area contributed by atoms with Crippen molar-refractivity contribution in [3.8, 4) is 0 Å². The fourth-order valence-corrected chi connectivity index (χ4v) is 3.66. The van der Waals surface area contributed by atoms with Crippen molar-refractivity contribution in [2.45, 2.75) is 39.2 Å². The van der Waals surface area contributed by atoms with Gasteiger partial charge in [-0.15, -0.1) is 0 Å². The number of likely N-dealkylation sites (N-methyl/N-ethyl adjacent to an activating group) is 1. The van der Waals surface area contributed by atoms with Crippen LogP contribution in [-0.2, 0) is 28.9 Å². The van der Waals surface area contributed by atoms with Gasteiger partial charge in [0.1, 0.15) is 17.4 Å². The van der Waals surface area contributed by atoms with Crippen molar-refractivity contribution in [2.24, 2.45) is 5.73 Å². The third-order valence-electron chi connectivity index (χ3n) is 5.81. The number of alkyl halides is 3. The van der Waals surface area contributed by atoms with Crippen molar-refractivity contribution in [1.82, 2.24) is 24.7 Å². The Labute approximate surface area is 204 Å². The van der Waals surface area contributed by atoms with Crippen LogP contribution in [0.3, 0.4) is 0 Å². The molecule has 1 aliphatic rings. The topological polar surface area (TPSA) is 135 Å². The van der Waals surface area contributed by atoms with Crippen LogP contribution in [0.1, 0.15) is 29.4 Å². The number of carbonyl (C=O) groups is 2. The number of nitrogens with zero attached hydrogens (tertiary/aromatic N) is 7. The van der Waals surface area contributed by atoms with E-state index in [4.69, 9.17) is 5.73 Å². The van der Waals surface area contributed by atoms with Crippen LogP contribution in [0.15, 0.2) is 30.7 Å². The van der Waals surface area contributed by atoms with Gasteiger partial charge in [-0.2, -0.15) is 23.3 Å². The van der Waals surface area contributed by atoms with Gasteiger partial charge in [0.2, 0.25) is 17.8 Å². The molecule has 0 spiro atoms. The molecule has 3 N–H and O–H groups in total. The Morgan fingerprint density at radius 2 is 1.97 bits per heavy atom. The van der Waals surface area contributed by atoms with Crippen LogP contribution in [-0.4, -0.2) is 56.2 Å². The minimum atomic E-state index is -4.51. The molecular weight excluding hydrogens is 479 g/mol. The van der Waals surface area contributed by atoms with Crippen LogP contribution in [0.2, 0.25) is 0 Å². The zero-order valence-corrected chi connectivity index (χ0v) is 19.7. The zero-order valence-electron chi connectivity index (χ0n) is 19.7. The van der Waals surface area contributed by atoms with E-state index in [0.29, 0.717) is 28.3 Å². The molecule has 1 atom stereocenters. The Morgan fingerprint density at radius 1 is 1.22 bits per heavy atom. The summed E-state index contributed by atoms with van der Waals surface area (Å²) in [6.45, 7) is 3.40. The first-order chi connectivity index (χ1) is 17.0. The molecule has 0 bridgehead atoms. The van der Waals surface area contributed by atoms with Crippen molar-refractivity contribution in [3.63, 3.8) is 0 Å². The highest BCUT2D eigenvalue weighted by molar-refractivity contribution is 6.03. The lowest BCUT2D eigenvalue weighted by Gasteiger charge is -2.33. The van der Waals surface area contributed by atoms with E-state index in [1.54, 1.807) is 32.0 Å². The third-order valence-corrected chi connectivity index (χ3v) is 5.81. The number of hydrogen-bond acceptors (Lipinski definition) is 8. The highest BCUT2D eigenvalue weighted by Crippen LogP contribution is 2.33. The van der Waals surface area contributed by atoms with E-state index in [-0.39, 0.29) is 31.5 Å². The van der Waals surface area contributed by atoms with Crippen molar-refractivity contribution >= 4 is 29.3 Å². The molecule has 0 aromatic carbocycles. The Morgan fingerprint density at radius 3 is 2.61 bits per heavy atom. The number of nitrogens with one attached hydrogen (secondary N) is 1. The largest absolute Gasteiger partial charge is 0.433 e. The Kier molecular flexibility index (Phi) is 6.63. The van der Waals surface area contributed by atoms with Crippen LogP contribution >= 0.6 is 0 Å². The molecule has 4 rings (SSSR count). The van der Waals surface area contributed by atoms with Crippen molar-refractivity contribution in [2.75, 3.05) is 28.7 Å². The summed E-state index contributed by atoms with van der Waals surface area (Å²) in [7, 11) is 1.73. The van der Waals surface area contributed by atoms with E-state index in [2.05, 4.69) is 25.4 Å². The summed E-state index contributed by atoms with van der Waals surface area (Å²) in [6, 6.07) is 1.79. The maximum absolute atomic E-state index is 12.7. The molecule has 3 aromatic rings. The summed E-state index contributed by atoms with van der Waals surface area (Å²) < 4.78 is 39.7. The zero-order chi connectivity index (χ0) is 26.2. The molecule has 190 valence electrons. The first kappa shape index (κ1) is 25.0. The molecule has 0 aliphatic carbocycles. The SMILES string of the molecule is Cc1nc(N(Cc2cnn(Cc3ccc(C(F)(F)F)nc3)c2)C(=O)CN)nc2c1NC(=O)[C@H](C)N2C. The highest BCUT2D eigenvalue weighted by atomic mass is 19.4. The minimum Gasteiger partial charge on any atom is -0.346 e. The lowest BCUT2D eigenvalue weighted by molar-refractivity contribution is -0.141. The van der Waals surface area contributed by atoms with Crippen molar-refractivity contribution in [1.29, 1.82) is 0 Å². The van der Waals surface area contributed by atoms with Gasteiger partial charge < -0.3 is 16.0 Å². The van der Waals surface area contributed by atoms with E-state index in [1.165, 1.54) is 21.8 Å². The fraction of sp³-hybridized carbons (Fsp3) is 0.364. The molecule has 0 unspecified atom stereocenters. The summed E-state index contributed by atoms with van der Waals surface area (Å²) in [6.07, 6.45) is -0.164. The molecule has 3 aromatic heterocycles. The van der Waals surface area contributed by atoms with Crippen LogP contribution in [0.25, 0.3) is 0 Å². The van der Waals surface area contributed by atoms with Crippen LogP contribution in [0.4, 0.5) is 30.6 Å². The van der Waals surface area contributed by atoms with E-state index in [9.17, 15) is 22.8 Å². The van der Waals surface area contributed by atoms with Crippen LogP contribution in [0.5, 0.6) is 0 Å². The quantitative estimate of drug-likeness (QED) is 0.519. The maximum atomic E-state index is 12.7. The second kappa shape index (κ2) is 9.53. The maximum Gasteiger partial charge on any atom is 0.433 e. The Bertz CT molecular complexity index is 1290. The normalized spacial score (nSPS) is 15.5. The molecule has 0 radical (unpaired) electrons. The number of pyridine rings is 1. The Balaban J connectivity index is 1.56. The first-order valence-electron chi connectivity index (χ1n) is 10.9. The van der Waals surface area contributed by atoms with Crippen molar-refractivity contribution < 1.29 is 22.8 Å². The van der Waals surface area contributed by atoms with Crippen LogP contribution < -0.4 is 20.9 Å². The highest BCUT2D eigenvalue weighted by Gasteiger charge is 2.33. The van der Waals surface area contributed by atoms with Gasteiger partial charge in [-0.3, -0.25) is 24.2 Å². The molecule has 11 nitrogen and oxygen atoms in total. The summed E-state index contributed by atoms with van der Waals surface area (Å²) in [5.74, 6) is -0.0129. The number of nitrogens with two attached hydrogens (primary N) is 1. The van der Waals surface area contributed by atoms with Crippen LogP contribution in [0, 0.1) is 6.92 Å². The van der Waals surface area contributed by atoms with E-state index in [0.717, 1.165) is 12.3 Å². The predicted octanol–water partition coefficient (Wildman–Crippen LogP) is 1.71. The molecule has 0 saturated carbocycles. The number of carbonyl (C=O) groups excluding carboxylic acids is 2. The van der Waals surface area contributed by atoms with Gasteiger partial charge >= 0.3 is 6.18 Å². The summed E-state index contributed by atoms with van der Waals surface area (Å²) in [4.78, 5) is 40.3. The number of aromatic nitrogens is 5. The first-order valence-corrected chi connectivity index (χ1v) is 10.9. The van der Waals surface area contributed by atoms with Gasteiger partial charge in [-0.05, 0) is 25.5 Å². The van der Waals surface area contributed by atoms with Gasteiger partial charge in [0.05, 0.1) is 31.5 Å². The minimum absolute atomic E-state index is 0.0607. The molecular formula is C22H24F3N9O2. The lowest BCUT2D eigenvalue weighted by Crippen LogP contribution is -2.45. The molecule has 1 aliphatic heterocycles. The van der Waals surface area contributed by atoms with E-state index in [1.807, 2.05) is 0 Å². The molecule has 2 amide bonds. The molecule has 36 heavy (non-hydrogen) atoms. The number of halogens is 3. The number of rotatable bonds is 6. The van der Waals surface area contributed by atoms with Gasteiger partial charge in [-0.1, -0.05) is 6.07 Å². The molecule has 4 heterocycles. The van der Waals surface area contributed by atoms with Gasteiger partial charge in [0.25, 0.3) is 0 Å². The monoisotopic (exact) mass is 503 g/mol. The number of anilines is 3. The third kappa shape index (κ3) is 4.98. The molecule has 0 fully saturated rings. The average molecular weight is 503 g/mol. The second-order valence-corrected chi connectivity index (χ2v) is 8.36. The van der Waals surface area contributed by atoms with Gasteiger partial charge in [0, 0.05) is 25.0 Å². The van der Waals surface area contributed by atoms with Crippen molar-refractivity contribution in [3.05, 3.63) is 53.2 Å². The van der Waals surface area contributed by atoms with E-state index < -0.39 is 23.8 Å². The fourth-order valence-electron chi connectivity index (χ4n) is 3.66. The number of hydrogen-bond donors (Lipinski definition) is 2. The summed E-state index contributed by atoms with van der Waals surface area (Å²) in [5.41, 5.74) is 6.79. The summed E-state index contributed by atoms with van der Waals surface area (Å²) >= 11 is 0. The average Bonchev–Trinajstić information content (AvgIpc) is 3.28. The predicted molar refractivity (Wildman–Crippen MR) is 124 cm³/mol. The van der Waals surface area contributed by atoms with Gasteiger partial charge in [-0.25, -0.2) is 4.98 Å². The van der Waals surface area contributed by atoms with Gasteiger partial charge in [0.15, 0.2) is 5.82 Å². The smallest absolute Gasteiger partial charge is 0.346 e. The number of fused-ring (bicyclic) bond motifs is 1. The second-order valence-electron chi connectivity index (χ2n) is 8.36.